The van der Waals surface area contributed by atoms with Crippen LogP contribution < -0.4 is 10.1 Å². The highest BCUT2D eigenvalue weighted by atomic mass is 16.5. The summed E-state index contributed by atoms with van der Waals surface area (Å²) in [6.07, 6.45) is 8.43. The van der Waals surface area contributed by atoms with Crippen molar-refractivity contribution in [3.63, 3.8) is 0 Å². The lowest BCUT2D eigenvalue weighted by molar-refractivity contribution is -0.135. The van der Waals surface area contributed by atoms with Gasteiger partial charge in [-0.3, -0.25) is 9.59 Å². The lowest BCUT2D eigenvalue weighted by Gasteiger charge is -2.49. The maximum Gasteiger partial charge on any atom is 0.271 e. The van der Waals surface area contributed by atoms with E-state index in [1.54, 1.807) is 7.11 Å². The molecule has 0 saturated heterocycles. The Balaban J connectivity index is 1.47. The summed E-state index contributed by atoms with van der Waals surface area (Å²) in [5.41, 5.74) is 3.03. The van der Waals surface area contributed by atoms with Crippen molar-refractivity contribution in [2.45, 2.75) is 82.5 Å². The fourth-order valence-corrected chi connectivity index (χ4v) is 6.69. The van der Waals surface area contributed by atoms with Crippen molar-refractivity contribution in [1.29, 1.82) is 0 Å². The summed E-state index contributed by atoms with van der Waals surface area (Å²) in [5, 5.41) is 4.35. The molecule has 2 amide bonds. The Bertz CT molecular complexity index is 1320. The van der Waals surface area contributed by atoms with Gasteiger partial charge in [-0.1, -0.05) is 43.5 Å². The minimum atomic E-state index is -1.01. The number of nitrogens with zero attached hydrogens (tertiary/aromatic N) is 2. The van der Waals surface area contributed by atoms with Gasteiger partial charge in [-0.2, -0.15) is 0 Å². The summed E-state index contributed by atoms with van der Waals surface area (Å²) in [6.45, 7) is 2.39. The van der Waals surface area contributed by atoms with Crippen LogP contribution in [0.15, 0.2) is 48.5 Å². The zero-order valence-corrected chi connectivity index (χ0v) is 21.3. The molecule has 2 aromatic carbocycles. The van der Waals surface area contributed by atoms with Crippen molar-refractivity contribution in [2.24, 2.45) is 0 Å². The molecule has 0 radical (unpaired) electrons. The molecule has 1 aliphatic heterocycles. The first-order chi connectivity index (χ1) is 17.5. The number of ether oxygens (including phenoxy) is 1. The number of hydrogen-bond acceptors (Lipinski definition) is 3. The SMILES string of the molecule is COc1ccc2cc3n(c2c1)CC(C)(C(=O)NC1CCCCC1)N(C1CCCc2ccccc21)C3=O. The number of amides is 2. The summed E-state index contributed by atoms with van der Waals surface area (Å²) < 4.78 is 7.51. The molecular formula is C30H35N3O3. The van der Waals surface area contributed by atoms with Gasteiger partial charge in [-0.25, -0.2) is 0 Å². The van der Waals surface area contributed by atoms with Crippen molar-refractivity contribution in [1.82, 2.24) is 14.8 Å². The number of methoxy groups -OCH3 is 1. The van der Waals surface area contributed by atoms with Crippen LogP contribution in [0, 0.1) is 0 Å². The van der Waals surface area contributed by atoms with Crippen LogP contribution in [-0.2, 0) is 17.8 Å². The van der Waals surface area contributed by atoms with E-state index < -0.39 is 5.54 Å². The molecule has 188 valence electrons. The second-order valence-corrected chi connectivity index (χ2v) is 10.9. The molecule has 6 nitrogen and oxygen atoms in total. The van der Waals surface area contributed by atoms with Gasteiger partial charge in [0.05, 0.1) is 25.2 Å². The number of benzene rings is 2. The Hall–Kier alpha value is -3.28. The minimum Gasteiger partial charge on any atom is -0.497 e. The number of hydrogen-bond donors (Lipinski definition) is 1. The maximum absolute atomic E-state index is 14.4. The van der Waals surface area contributed by atoms with Crippen molar-refractivity contribution in [3.05, 3.63) is 65.4 Å². The van der Waals surface area contributed by atoms with E-state index in [1.165, 1.54) is 17.5 Å². The molecule has 0 bridgehead atoms. The molecule has 3 aromatic rings. The molecule has 2 aliphatic carbocycles. The molecule has 0 spiro atoms. The first-order valence-corrected chi connectivity index (χ1v) is 13.4. The van der Waals surface area contributed by atoms with E-state index in [1.807, 2.05) is 46.7 Å². The monoisotopic (exact) mass is 485 g/mol. The Morgan fingerprint density at radius 3 is 2.64 bits per heavy atom. The van der Waals surface area contributed by atoms with Crippen LogP contribution in [-0.4, -0.2) is 40.0 Å². The first-order valence-electron chi connectivity index (χ1n) is 13.4. The van der Waals surface area contributed by atoms with Gasteiger partial charge in [-0.15, -0.1) is 0 Å². The van der Waals surface area contributed by atoms with E-state index in [0.717, 1.165) is 61.6 Å². The summed E-state index contributed by atoms with van der Waals surface area (Å²) in [5.74, 6) is 0.633. The van der Waals surface area contributed by atoms with Gasteiger partial charge >= 0.3 is 0 Å². The summed E-state index contributed by atoms with van der Waals surface area (Å²) >= 11 is 0. The second-order valence-electron chi connectivity index (χ2n) is 10.9. The Kier molecular flexibility index (Phi) is 5.78. The number of rotatable bonds is 4. The third-order valence-electron chi connectivity index (χ3n) is 8.63. The average Bonchev–Trinajstić information content (AvgIpc) is 3.27. The van der Waals surface area contributed by atoms with Gasteiger partial charge in [0.15, 0.2) is 0 Å². The molecule has 6 heteroatoms. The smallest absolute Gasteiger partial charge is 0.271 e. The van der Waals surface area contributed by atoms with E-state index in [-0.39, 0.29) is 23.9 Å². The number of nitrogens with one attached hydrogen (secondary N) is 1. The highest BCUT2D eigenvalue weighted by Gasteiger charge is 2.51. The van der Waals surface area contributed by atoms with Gasteiger partial charge in [0.25, 0.3) is 5.91 Å². The third-order valence-corrected chi connectivity index (χ3v) is 8.63. The van der Waals surface area contributed by atoms with Gasteiger partial charge in [0.1, 0.15) is 17.0 Å². The molecule has 1 N–H and O–H groups in total. The van der Waals surface area contributed by atoms with Crippen LogP contribution >= 0.6 is 0 Å². The van der Waals surface area contributed by atoms with Gasteiger partial charge in [0, 0.05) is 17.5 Å². The molecule has 1 saturated carbocycles. The van der Waals surface area contributed by atoms with Crippen molar-refractivity contribution in [3.8, 4) is 5.75 Å². The maximum atomic E-state index is 14.4. The molecule has 1 aromatic heterocycles. The van der Waals surface area contributed by atoms with Crippen LogP contribution in [0.2, 0.25) is 0 Å². The van der Waals surface area contributed by atoms with Crippen LogP contribution in [0.4, 0.5) is 0 Å². The fourth-order valence-electron chi connectivity index (χ4n) is 6.69. The highest BCUT2D eigenvalue weighted by molar-refractivity contribution is 6.04. The zero-order valence-electron chi connectivity index (χ0n) is 21.3. The van der Waals surface area contributed by atoms with Crippen molar-refractivity contribution < 1.29 is 14.3 Å². The lowest BCUT2D eigenvalue weighted by Crippen LogP contribution is -2.65. The third kappa shape index (κ3) is 3.69. The quantitative estimate of drug-likeness (QED) is 0.539. The number of aromatic nitrogens is 1. The van der Waals surface area contributed by atoms with Gasteiger partial charge in [0.2, 0.25) is 5.91 Å². The zero-order chi connectivity index (χ0) is 24.9. The minimum absolute atomic E-state index is 0.0406. The largest absolute Gasteiger partial charge is 0.497 e. The molecule has 2 heterocycles. The Morgan fingerprint density at radius 1 is 1.03 bits per heavy atom. The highest BCUT2D eigenvalue weighted by Crippen LogP contribution is 2.43. The normalized spacial score (nSPS) is 24.3. The van der Waals surface area contributed by atoms with Crippen molar-refractivity contribution >= 4 is 22.7 Å². The summed E-state index contributed by atoms with van der Waals surface area (Å²) in [6, 6.07) is 16.3. The molecule has 6 rings (SSSR count). The predicted octanol–water partition coefficient (Wildman–Crippen LogP) is 5.39. The Morgan fingerprint density at radius 2 is 1.83 bits per heavy atom. The molecule has 1 fully saturated rings. The van der Waals surface area contributed by atoms with Gasteiger partial charge < -0.3 is 19.5 Å². The Labute approximate surface area is 212 Å². The second kappa shape index (κ2) is 8.99. The number of aryl methyl sites for hydroxylation is 1. The van der Waals surface area contributed by atoms with E-state index in [2.05, 4.69) is 23.5 Å². The predicted molar refractivity (Wildman–Crippen MR) is 140 cm³/mol. The van der Waals surface area contributed by atoms with Crippen LogP contribution in [0.5, 0.6) is 5.75 Å². The van der Waals surface area contributed by atoms with Crippen LogP contribution in [0.1, 0.15) is 79.5 Å². The molecule has 3 aliphatic rings. The van der Waals surface area contributed by atoms with Crippen LogP contribution in [0.3, 0.4) is 0 Å². The molecular weight excluding hydrogens is 450 g/mol. The van der Waals surface area contributed by atoms with Crippen LogP contribution in [0.25, 0.3) is 10.9 Å². The van der Waals surface area contributed by atoms with Gasteiger partial charge in [-0.05, 0) is 68.4 Å². The molecule has 36 heavy (non-hydrogen) atoms. The topological polar surface area (TPSA) is 63.6 Å². The van der Waals surface area contributed by atoms with E-state index >= 15 is 0 Å². The summed E-state index contributed by atoms with van der Waals surface area (Å²) in [7, 11) is 1.65. The number of fused-ring (bicyclic) bond motifs is 4. The molecule has 2 atom stereocenters. The fraction of sp³-hybridized carbons (Fsp3) is 0.467. The lowest BCUT2D eigenvalue weighted by atomic mass is 9.82. The van der Waals surface area contributed by atoms with E-state index in [4.69, 9.17) is 4.74 Å². The standard InChI is InChI=1S/C30H35N3O3/c1-30(29(35)31-22-11-4-3-5-12-22)19-32-26-18-23(36-2)16-15-21(26)17-27(32)28(34)33(30)25-14-8-10-20-9-6-7-13-24(20)25/h6-7,9,13,15-18,22,25H,3-5,8,10-12,14,19H2,1-2H3,(H,31,35). The van der Waals surface area contributed by atoms with E-state index in [9.17, 15) is 9.59 Å². The first kappa shape index (κ1) is 23.1. The molecule has 2 unspecified atom stereocenters. The number of carbonyl (C=O) groups excluding carboxylic acids is 2. The summed E-state index contributed by atoms with van der Waals surface area (Å²) in [4.78, 5) is 30.4. The number of carbonyl (C=O) groups is 2. The average molecular weight is 486 g/mol. The van der Waals surface area contributed by atoms with Crippen molar-refractivity contribution in [2.75, 3.05) is 7.11 Å². The van der Waals surface area contributed by atoms with E-state index in [0.29, 0.717) is 12.2 Å².